The van der Waals surface area contributed by atoms with Gasteiger partial charge in [0.15, 0.2) is 0 Å². The van der Waals surface area contributed by atoms with Gasteiger partial charge >= 0.3 is 0 Å². The van der Waals surface area contributed by atoms with Crippen LogP contribution in [-0.2, 0) is 6.54 Å². The molecule has 1 saturated heterocycles. The van der Waals surface area contributed by atoms with E-state index in [-0.39, 0.29) is 5.91 Å². The molecule has 1 aromatic heterocycles. The summed E-state index contributed by atoms with van der Waals surface area (Å²) in [6, 6.07) is 1.77. The van der Waals surface area contributed by atoms with Gasteiger partial charge in [0.25, 0.3) is 5.91 Å². The number of furan rings is 1. The maximum absolute atomic E-state index is 11.5. The normalized spacial score (nSPS) is 16.0. The van der Waals surface area contributed by atoms with Gasteiger partial charge in [0, 0.05) is 13.1 Å². The molecule has 112 valence electrons. The van der Waals surface area contributed by atoms with Crippen LogP contribution in [0.4, 0.5) is 0 Å². The van der Waals surface area contributed by atoms with Crippen LogP contribution in [0.3, 0.4) is 0 Å². The topological polar surface area (TPSA) is 74.7 Å². The number of aryl methyl sites for hydroxylation is 1. The second-order valence-electron chi connectivity index (χ2n) is 5.44. The van der Waals surface area contributed by atoms with Crippen molar-refractivity contribution in [3.05, 3.63) is 23.2 Å². The fourth-order valence-corrected chi connectivity index (χ4v) is 2.59. The molecule has 0 atom stereocenters. The molecule has 20 heavy (non-hydrogen) atoms. The number of hydrogen-bond acceptors (Lipinski definition) is 5. The SMILES string of the molecule is Cc1oc(CN(C)CCN2CCCC2)cc1C(=O)NN. The predicted molar refractivity (Wildman–Crippen MR) is 77.1 cm³/mol. The van der Waals surface area contributed by atoms with E-state index in [0.717, 1.165) is 18.8 Å². The zero-order chi connectivity index (χ0) is 14.5. The Balaban J connectivity index is 1.84. The molecule has 1 fully saturated rings. The third-order valence-corrected chi connectivity index (χ3v) is 3.77. The number of hydrazine groups is 1. The smallest absolute Gasteiger partial charge is 0.268 e. The number of carbonyl (C=O) groups is 1. The second-order valence-corrected chi connectivity index (χ2v) is 5.44. The van der Waals surface area contributed by atoms with E-state index in [9.17, 15) is 4.79 Å². The Hall–Kier alpha value is -1.37. The first-order valence-electron chi connectivity index (χ1n) is 7.11. The lowest BCUT2D eigenvalue weighted by Gasteiger charge is -2.20. The molecule has 0 spiro atoms. The summed E-state index contributed by atoms with van der Waals surface area (Å²) in [5, 5.41) is 0. The van der Waals surface area contributed by atoms with Gasteiger partial charge in [0.05, 0.1) is 12.1 Å². The lowest BCUT2D eigenvalue weighted by atomic mass is 10.2. The fraction of sp³-hybridized carbons (Fsp3) is 0.643. The number of amides is 1. The minimum absolute atomic E-state index is 0.308. The van der Waals surface area contributed by atoms with Crippen molar-refractivity contribution >= 4 is 5.91 Å². The molecule has 1 aliphatic heterocycles. The summed E-state index contributed by atoms with van der Waals surface area (Å²) in [7, 11) is 2.07. The first kappa shape index (κ1) is 15.0. The Labute approximate surface area is 119 Å². The van der Waals surface area contributed by atoms with Gasteiger partial charge in [-0.15, -0.1) is 0 Å². The van der Waals surface area contributed by atoms with Crippen molar-refractivity contribution in [1.82, 2.24) is 15.2 Å². The highest BCUT2D eigenvalue weighted by Gasteiger charge is 2.16. The summed E-state index contributed by atoms with van der Waals surface area (Å²) in [6.45, 7) is 7.00. The number of hydrogen-bond donors (Lipinski definition) is 2. The summed E-state index contributed by atoms with van der Waals surface area (Å²) in [5.41, 5.74) is 2.64. The van der Waals surface area contributed by atoms with Crippen LogP contribution in [0, 0.1) is 6.92 Å². The molecule has 0 aliphatic carbocycles. The largest absolute Gasteiger partial charge is 0.464 e. The number of likely N-dealkylation sites (N-methyl/N-ethyl adjacent to an activating group) is 1. The van der Waals surface area contributed by atoms with Gasteiger partial charge in [-0.1, -0.05) is 0 Å². The molecule has 6 heteroatoms. The predicted octanol–water partition coefficient (Wildman–Crippen LogP) is 0.719. The van der Waals surface area contributed by atoms with E-state index < -0.39 is 0 Å². The quantitative estimate of drug-likeness (QED) is 0.456. The van der Waals surface area contributed by atoms with Crippen molar-refractivity contribution in [2.24, 2.45) is 5.84 Å². The number of nitrogens with one attached hydrogen (secondary N) is 1. The minimum Gasteiger partial charge on any atom is -0.464 e. The van der Waals surface area contributed by atoms with Crippen LogP contribution < -0.4 is 11.3 Å². The summed E-state index contributed by atoms with van der Waals surface area (Å²) in [4.78, 5) is 16.2. The Bertz CT molecular complexity index is 452. The van der Waals surface area contributed by atoms with Crippen molar-refractivity contribution in [2.45, 2.75) is 26.3 Å². The Morgan fingerprint density at radius 2 is 2.20 bits per heavy atom. The van der Waals surface area contributed by atoms with Gasteiger partial charge in [-0.3, -0.25) is 15.1 Å². The monoisotopic (exact) mass is 280 g/mol. The molecule has 0 bridgehead atoms. The first-order valence-corrected chi connectivity index (χ1v) is 7.11. The molecular formula is C14H24N4O2. The molecule has 2 heterocycles. The highest BCUT2D eigenvalue weighted by Crippen LogP contribution is 2.16. The van der Waals surface area contributed by atoms with Gasteiger partial charge in [-0.25, -0.2) is 5.84 Å². The summed E-state index contributed by atoms with van der Waals surface area (Å²) >= 11 is 0. The molecule has 0 unspecified atom stereocenters. The Morgan fingerprint density at radius 3 is 2.85 bits per heavy atom. The van der Waals surface area contributed by atoms with Crippen LogP contribution in [-0.4, -0.2) is 48.9 Å². The van der Waals surface area contributed by atoms with Gasteiger partial charge < -0.3 is 9.32 Å². The Kier molecular flexibility index (Phi) is 5.17. The standard InChI is InChI=1S/C14H24N4O2/c1-11-13(14(19)16-15)9-12(20-11)10-17(2)7-8-18-5-3-4-6-18/h9H,3-8,10,15H2,1-2H3,(H,16,19). The molecule has 2 rings (SSSR count). The molecular weight excluding hydrogens is 256 g/mol. The highest BCUT2D eigenvalue weighted by molar-refractivity contribution is 5.94. The maximum Gasteiger partial charge on any atom is 0.268 e. The zero-order valence-corrected chi connectivity index (χ0v) is 12.3. The van der Waals surface area contributed by atoms with Crippen molar-refractivity contribution in [3.63, 3.8) is 0 Å². The van der Waals surface area contributed by atoms with Crippen LogP contribution in [0.15, 0.2) is 10.5 Å². The van der Waals surface area contributed by atoms with E-state index >= 15 is 0 Å². The third-order valence-electron chi connectivity index (χ3n) is 3.77. The van der Waals surface area contributed by atoms with E-state index in [4.69, 9.17) is 10.3 Å². The summed E-state index contributed by atoms with van der Waals surface area (Å²) < 4.78 is 5.61. The second kappa shape index (κ2) is 6.88. The number of carbonyl (C=O) groups excluding carboxylic acids is 1. The van der Waals surface area contributed by atoms with E-state index in [1.807, 2.05) is 0 Å². The van der Waals surface area contributed by atoms with Gasteiger partial charge in [-0.2, -0.15) is 0 Å². The minimum atomic E-state index is -0.308. The van der Waals surface area contributed by atoms with Crippen molar-refractivity contribution in [1.29, 1.82) is 0 Å². The summed E-state index contributed by atoms with van der Waals surface area (Å²) in [6.07, 6.45) is 2.64. The number of nitrogens with two attached hydrogens (primary N) is 1. The highest BCUT2D eigenvalue weighted by atomic mass is 16.3. The molecule has 0 radical (unpaired) electrons. The van der Waals surface area contributed by atoms with Gasteiger partial charge in [0.1, 0.15) is 11.5 Å². The zero-order valence-electron chi connectivity index (χ0n) is 12.3. The molecule has 1 aliphatic rings. The number of rotatable bonds is 6. The van der Waals surface area contributed by atoms with Crippen LogP contribution in [0.2, 0.25) is 0 Å². The lowest BCUT2D eigenvalue weighted by Crippen LogP contribution is -2.31. The van der Waals surface area contributed by atoms with Crippen LogP contribution in [0.5, 0.6) is 0 Å². The fourth-order valence-electron chi connectivity index (χ4n) is 2.59. The third kappa shape index (κ3) is 3.82. The van der Waals surface area contributed by atoms with Crippen LogP contribution in [0.25, 0.3) is 0 Å². The molecule has 0 saturated carbocycles. The summed E-state index contributed by atoms with van der Waals surface area (Å²) in [5.74, 6) is 6.24. The molecule has 6 nitrogen and oxygen atoms in total. The van der Waals surface area contributed by atoms with Crippen LogP contribution >= 0.6 is 0 Å². The van der Waals surface area contributed by atoms with Crippen molar-refractivity contribution in [2.75, 3.05) is 33.2 Å². The number of nitrogen functional groups attached to an aromatic ring is 1. The van der Waals surface area contributed by atoms with Crippen molar-refractivity contribution < 1.29 is 9.21 Å². The van der Waals surface area contributed by atoms with E-state index in [2.05, 4.69) is 22.3 Å². The molecule has 1 amide bonds. The molecule has 1 aromatic rings. The molecule has 0 aromatic carbocycles. The average Bonchev–Trinajstić information content (AvgIpc) is 3.05. The van der Waals surface area contributed by atoms with E-state index in [1.165, 1.54) is 25.9 Å². The van der Waals surface area contributed by atoms with Crippen LogP contribution in [0.1, 0.15) is 34.7 Å². The lowest BCUT2D eigenvalue weighted by molar-refractivity contribution is 0.0952. The number of likely N-dealkylation sites (tertiary alicyclic amines) is 1. The Morgan fingerprint density at radius 1 is 1.50 bits per heavy atom. The average molecular weight is 280 g/mol. The van der Waals surface area contributed by atoms with E-state index in [1.54, 1.807) is 13.0 Å². The van der Waals surface area contributed by atoms with Crippen molar-refractivity contribution in [3.8, 4) is 0 Å². The van der Waals surface area contributed by atoms with E-state index in [0.29, 0.717) is 17.9 Å². The van der Waals surface area contributed by atoms with Gasteiger partial charge in [0.2, 0.25) is 0 Å². The molecule has 3 N–H and O–H groups in total. The first-order chi connectivity index (χ1) is 9.60. The number of nitrogens with zero attached hydrogens (tertiary/aromatic N) is 2. The van der Waals surface area contributed by atoms with Gasteiger partial charge in [-0.05, 0) is 46.0 Å². The maximum atomic E-state index is 11.5.